The lowest BCUT2D eigenvalue weighted by molar-refractivity contribution is -0.204. The highest BCUT2D eigenvalue weighted by Gasteiger charge is 2.73. The van der Waals surface area contributed by atoms with Gasteiger partial charge in [-0.05, 0) is 71.7 Å². The van der Waals surface area contributed by atoms with Crippen LogP contribution in [0.2, 0.25) is 0 Å². The number of aromatic hydroxyl groups is 1. The Balaban J connectivity index is 1.56. The van der Waals surface area contributed by atoms with Gasteiger partial charge in [0.1, 0.15) is 17.7 Å². The highest BCUT2D eigenvalue weighted by atomic mass is 16.6. The summed E-state index contributed by atoms with van der Waals surface area (Å²) in [6, 6.07) is 2.72. The van der Waals surface area contributed by atoms with Crippen molar-refractivity contribution in [1.82, 2.24) is 10.2 Å². The number of phenolic OH excluding ortho intramolecular Hbond substituents is 1. The number of ether oxygens (including phenoxy) is 3. The van der Waals surface area contributed by atoms with Crippen LogP contribution >= 0.6 is 0 Å². The number of methoxy groups -OCH3 is 1. The SMILES string of the molecule is CO[C@@]12CCC(N[C@@H](CC(N)=O)C(=O)OC(C)(C)C)C3Oc4c(O)ccc5c4[C@@]31CCN(C)[C@@H]2C5. The first kappa shape index (κ1) is 24.3. The van der Waals surface area contributed by atoms with Crippen molar-refractivity contribution in [1.29, 1.82) is 0 Å². The average molecular weight is 488 g/mol. The largest absolute Gasteiger partial charge is 0.504 e. The van der Waals surface area contributed by atoms with Crippen LogP contribution in [0.3, 0.4) is 0 Å². The zero-order valence-corrected chi connectivity index (χ0v) is 21.2. The highest BCUT2D eigenvalue weighted by Crippen LogP contribution is 2.66. The van der Waals surface area contributed by atoms with Crippen molar-refractivity contribution in [2.75, 3.05) is 20.7 Å². The number of hydrogen-bond donors (Lipinski definition) is 3. The number of piperidine rings is 1. The summed E-state index contributed by atoms with van der Waals surface area (Å²) in [4.78, 5) is 27.3. The van der Waals surface area contributed by atoms with E-state index in [1.165, 1.54) is 5.56 Å². The summed E-state index contributed by atoms with van der Waals surface area (Å²) in [5.74, 6) is -0.452. The second-order valence-electron chi connectivity index (χ2n) is 11.6. The van der Waals surface area contributed by atoms with E-state index in [4.69, 9.17) is 19.9 Å². The van der Waals surface area contributed by atoms with Gasteiger partial charge >= 0.3 is 5.97 Å². The third kappa shape index (κ3) is 3.46. The predicted molar refractivity (Wildman–Crippen MR) is 128 cm³/mol. The number of benzene rings is 1. The van der Waals surface area contributed by atoms with Crippen LogP contribution in [0.15, 0.2) is 12.1 Å². The van der Waals surface area contributed by atoms with Crippen molar-refractivity contribution in [3.8, 4) is 11.5 Å². The number of carbonyl (C=O) groups is 2. The Hall–Kier alpha value is -2.36. The fourth-order valence-electron chi connectivity index (χ4n) is 7.35. The maximum absolute atomic E-state index is 13.0. The van der Waals surface area contributed by atoms with Crippen molar-refractivity contribution in [2.24, 2.45) is 5.73 Å². The molecule has 9 heteroatoms. The Bertz CT molecular complexity index is 1050. The van der Waals surface area contributed by atoms with E-state index in [0.29, 0.717) is 12.2 Å². The van der Waals surface area contributed by atoms with Crippen LogP contribution in [0.4, 0.5) is 0 Å². The highest BCUT2D eigenvalue weighted by molar-refractivity contribution is 5.84. The molecule has 1 aromatic carbocycles. The van der Waals surface area contributed by atoms with Crippen molar-refractivity contribution in [2.45, 2.75) is 93.7 Å². The molecule has 2 unspecified atom stereocenters. The number of likely N-dealkylation sites (N-methyl/N-ethyl adjacent to an activating group) is 1. The maximum atomic E-state index is 13.0. The van der Waals surface area contributed by atoms with Gasteiger partial charge in [-0.1, -0.05) is 6.07 Å². The summed E-state index contributed by atoms with van der Waals surface area (Å²) in [5.41, 5.74) is 6.06. The number of esters is 1. The lowest BCUT2D eigenvalue weighted by Gasteiger charge is -2.65. The number of nitrogens with zero attached hydrogens (tertiary/aromatic N) is 1. The second-order valence-corrected chi connectivity index (χ2v) is 11.6. The molecule has 0 aromatic heterocycles. The fourth-order valence-corrected chi connectivity index (χ4v) is 7.35. The van der Waals surface area contributed by atoms with Crippen molar-refractivity contribution >= 4 is 11.9 Å². The van der Waals surface area contributed by atoms with E-state index in [9.17, 15) is 14.7 Å². The molecule has 2 heterocycles. The molecular weight excluding hydrogens is 450 g/mol. The van der Waals surface area contributed by atoms with Gasteiger partial charge in [0.05, 0.1) is 17.4 Å². The van der Waals surface area contributed by atoms with E-state index >= 15 is 0 Å². The van der Waals surface area contributed by atoms with E-state index in [1.54, 1.807) is 33.9 Å². The first-order valence-electron chi connectivity index (χ1n) is 12.5. The number of primary amides is 1. The molecule has 6 atom stereocenters. The summed E-state index contributed by atoms with van der Waals surface area (Å²) in [6.45, 7) is 6.25. The molecule has 192 valence electrons. The lowest BCUT2D eigenvalue weighted by Crippen LogP contribution is -2.78. The average Bonchev–Trinajstić information content (AvgIpc) is 3.13. The number of hydrogen-bond acceptors (Lipinski definition) is 8. The van der Waals surface area contributed by atoms with Crippen LogP contribution in [0.5, 0.6) is 11.5 Å². The topological polar surface area (TPSA) is 123 Å². The molecule has 4 N–H and O–H groups in total. The van der Waals surface area contributed by atoms with Crippen molar-refractivity contribution in [3.63, 3.8) is 0 Å². The number of phenols is 1. The third-order valence-electron chi connectivity index (χ3n) is 8.57. The Morgan fingerprint density at radius 1 is 1.34 bits per heavy atom. The van der Waals surface area contributed by atoms with Crippen LogP contribution in [-0.4, -0.2) is 78.0 Å². The van der Waals surface area contributed by atoms with E-state index in [1.807, 2.05) is 6.07 Å². The molecule has 35 heavy (non-hydrogen) atoms. The number of carbonyl (C=O) groups excluding carboxylic acids is 2. The van der Waals surface area contributed by atoms with Gasteiger partial charge < -0.3 is 30.0 Å². The number of amides is 1. The first-order chi connectivity index (χ1) is 16.4. The van der Waals surface area contributed by atoms with Crippen molar-refractivity contribution < 1.29 is 28.9 Å². The van der Waals surface area contributed by atoms with Crippen LogP contribution in [0.1, 0.15) is 57.6 Å². The molecule has 4 aliphatic rings. The van der Waals surface area contributed by atoms with Crippen molar-refractivity contribution in [3.05, 3.63) is 23.3 Å². The summed E-state index contributed by atoms with van der Waals surface area (Å²) in [7, 11) is 3.92. The Kier molecular flexibility index (Phi) is 5.62. The van der Waals surface area contributed by atoms with E-state index in [2.05, 4.69) is 17.3 Å². The molecule has 1 saturated carbocycles. The van der Waals surface area contributed by atoms with Gasteiger partial charge in [0, 0.05) is 24.8 Å². The molecule has 1 saturated heterocycles. The standard InChI is InChI=1S/C26H37N3O6/c1-24(2,3)35-23(32)16(13-19(27)31)28-15-8-9-26(33-5)18-12-14-6-7-17(30)21-20(14)25(26,22(15)34-21)10-11-29(18)4/h6-7,15-16,18,22,28,30H,8-13H2,1-5H3,(H2,27,31)/t15?,16-,18+,22?,25-,26+/m0/s1. The lowest BCUT2D eigenvalue weighted by atomic mass is 9.48. The molecule has 1 spiro atoms. The summed E-state index contributed by atoms with van der Waals surface area (Å²) in [6.07, 6.45) is 2.50. The Labute approximate surface area is 206 Å². The first-order valence-corrected chi connectivity index (χ1v) is 12.5. The smallest absolute Gasteiger partial charge is 0.324 e. The van der Waals surface area contributed by atoms with Crippen LogP contribution < -0.4 is 15.8 Å². The maximum Gasteiger partial charge on any atom is 0.324 e. The number of likely N-dealkylation sites (tertiary alicyclic amines) is 1. The zero-order valence-electron chi connectivity index (χ0n) is 21.2. The molecular formula is C26H37N3O6. The van der Waals surface area contributed by atoms with Crippen LogP contribution in [-0.2, 0) is 30.9 Å². The van der Waals surface area contributed by atoms with Crippen LogP contribution in [0.25, 0.3) is 0 Å². The fraction of sp³-hybridized carbons (Fsp3) is 0.692. The van der Waals surface area contributed by atoms with Gasteiger partial charge in [-0.25, -0.2) is 0 Å². The van der Waals surface area contributed by atoms with Gasteiger partial charge in [-0.15, -0.1) is 0 Å². The monoisotopic (exact) mass is 487 g/mol. The molecule has 2 fully saturated rings. The van der Waals surface area contributed by atoms with E-state index in [-0.39, 0.29) is 30.4 Å². The normalized spacial score (nSPS) is 34.0. The number of rotatable bonds is 6. The molecule has 1 aromatic rings. The van der Waals surface area contributed by atoms with Gasteiger partial charge in [-0.2, -0.15) is 0 Å². The van der Waals surface area contributed by atoms with E-state index in [0.717, 1.165) is 31.4 Å². The minimum Gasteiger partial charge on any atom is -0.504 e. The Morgan fingerprint density at radius 3 is 2.74 bits per heavy atom. The minimum absolute atomic E-state index is 0.120. The quantitative estimate of drug-likeness (QED) is 0.514. The van der Waals surface area contributed by atoms with Gasteiger partial charge in [0.15, 0.2) is 11.5 Å². The molecule has 2 aliphatic heterocycles. The molecule has 9 nitrogen and oxygen atoms in total. The van der Waals surface area contributed by atoms with Gasteiger partial charge in [-0.3, -0.25) is 14.9 Å². The van der Waals surface area contributed by atoms with E-state index < -0.39 is 34.5 Å². The second kappa shape index (κ2) is 8.08. The Morgan fingerprint density at radius 2 is 2.09 bits per heavy atom. The summed E-state index contributed by atoms with van der Waals surface area (Å²) in [5, 5.41) is 14.2. The molecule has 0 radical (unpaired) electrons. The zero-order chi connectivity index (χ0) is 25.3. The van der Waals surface area contributed by atoms with Crippen LogP contribution in [0, 0.1) is 0 Å². The molecule has 5 rings (SSSR count). The minimum atomic E-state index is -0.894. The van der Waals surface area contributed by atoms with Gasteiger partial charge in [0.25, 0.3) is 0 Å². The molecule has 1 amide bonds. The summed E-state index contributed by atoms with van der Waals surface area (Å²) < 4.78 is 18.6. The van der Waals surface area contributed by atoms with Gasteiger partial charge in [0.2, 0.25) is 5.91 Å². The number of nitrogens with one attached hydrogen (secondary N) is 1. The summed E-state index contributed by atoms with van der Waals surface area (Å²) >= 11 is 0. The third-order valence-corrected chi connectivity index (χ3v) is 8.57. The molecule has 2 bridgehead atoms. The number of nitrogens with two attached hydrogens (primary N) is 1. The predicted octanol–water partition coefficient (Wildman–Crippen LogP) is 1.37. The molecule has 2 aliphatic carbocycles.